The van der Waals surface area contributed by atoms with Crippen LogP contribution >= 0.6 is 0 Å². The maximum Gasteiger partial charge on any atom is 0.243 e. The van der Waals surface area contributed by atoms with Gasteiger partial charge in [0.2, 0.25) is 21.8 Å². The third kappa shape index (κ3) is 4.95. The average molecular weight is 486 g/mol. The van der Waals surface area contributed by atoms with E-state index in [-0.39, 0.29) is 29.7 Å². The lowest BCUT2D eigenvalue weighted by atomic mass is 10.0. The van der Waals surface area contributed by atoms with E-state index in [1.807, 2.05) is 25.1 Å². The number of amides is 2. The number of anilines is 2. The summed E-state index contributed by atoms with van der Waals surface area (Å²) < 4.78 is 32.7. The molecule has 1 N–H and O–H groups in total. The number of piperidine rings is 1. The van der Waals surface area contributed by atoms with Gasteiger partial charge in [0.25, 0.3) is 0 Å². The lowest BCUT2D eigenvalue weighted by Crippen LogP contribution is -2.37. The first-order valence-corrected chi connectivity index (χ1v) is 13.0. The molecule has 2 fully saturated rings. The molecule has 34 heavy (non-hydrogen) atoms. The van der Waals surface area contributed by atoms with Crippen molar-refractivity contribution < 1.29 is 22.7 Å². The smallest absolute Gasteiger partial charge is 0.243 e. The Morgan fingerprint density at radius 3 is 2.41 bits per heavy atom. The fourth-order valence-corrected chi connectivity index (χ4v) is 5.93. The van der Waals surface area contributed by atoms with Gasteiger partial charge in [-0.1, -0.05) is 13.0 Å². The van der Waals surface area contributed by atoms with Crippen LogP contribution in [0.5, 0.6) is 5.75 Å². The first kappa shape index (κ1) is 24.2. The summed E-state index contributed by atoms with van der Waals surface area (Å²) in [6, 6.07) is 11.8. The Bertz CT molecular complexity index is 1170. The highest BCUT2D eigenvalue weighted by molar-refractivity contribution is 7.89. The number of ether oxygens (including phenoxy) is 1. The summed E-state index contributed by atoms with van der Waals surface area (Å²) >= 11 is 0. The average Bonchev–Trinajstić information content (AvgIpc) is 3.21. The first-order chi connectivity index (χ1) is 16.2. The van der Waals surface area contributed by atoms with Gasteiger partial charge < -0.3 is 15.0 Å². The Balaban J connectivity index is 1.42. The first-order valence-electron chi connectivity index (χ1n) is 11.5. The summed E-state index contributed by atoms with van der Waals surface area (Å²) in [4.78, 5) is 27.3. The van der Waals surface area contributed by atoms with Crippen LogP contribution in [0.1, 0.15) is 31.7 Å². The Labute approximate surface area is 200 Å². The minimum atomic E-state index is -3.54. The molecule has 0 spiro atoms. The summed E-state index contributed by atoms with van der Waals surface area (Å²) in [5.74, 6) is 0.190. The fraction of sp³-hybridized carbons (Fsp3) is 0.440. The van der Waals surface area contributed by atoms with Gasteiger partial charge in [-0.2, -0.15) is 4.31 Å². The number of carbonyl (C=O) groups excluding carboxylic acids is 2. The van der Waals surface area contributed by atoms with Gasteiger partial charge in [-0.3, -0.25) is 9.59 Å². The van der Waals surface area contributed by atoms with Crippen molar-refractivity contribution in [1.82, 2.24) is 4.31 Å². The van der Waals surface area contributed by atoms with Gasteiger partial charge in [-0.25, -0.2) is 8.42 Å². The summed E-state index contributed by atoms with van der Waals surface area (Å²) in [5.41, 5.74) is 2.14. The summed E-state index contributed by atoms with van der Waals surface area (Å²) in [5, 5.41) is 2.82. The van der Waals surface area contributed by atoms with Crippen molar-refractivity contribution in [3.05, 3.63) is 48.0 Å². The van der Waals surface area contributed by atoms with Gasteiger partial charge in [-0.15, -0.1) is 0 Å². The standard InChI is InChI=1S/C25H31N3O5S/c1-17-10-12-27(13-11-17)34(31,32)21-7-5-20(6-8-21)26-25(30)19-15-24(29)28(16-19)22-14-18(2)4-9-23(22)33-3/h4-9,14,17,19H,10-13,15-16H2,1-3H3,(H,26,30). The van der Waals surface area contributed by atoms with Gasteiger partial charge in [0.1, 0.15) is 5.75 Å². The molecule has 2 aromatic rings. The fourth-order valence-electron chi connectivity index (χ4n) is 4.46. The largest absolute Gasteiger partial charge is 0.495 e. The molecule has 1 atom stereocenters. The summed E-state index contributed by atoms with van der Waals surface area (Å²) in [6.07, 6.45) is 1.82. The number of hydrogen-bond donors (Lipinski definition) is 1. The van der Waals surface area contributed by atoms with Crippen molar-refractivity contribution in [3.8, 4) is 5.75 Å². The highest BCUT2D eigenvalue weighted by Gasteiger charge is 2.36. The van der Waals surface area contributed by atoms with E-state index in [0.29, 0.717) is 36.1 Å². The van der Waals surface area contributed by atoms with Crippen molar-refractivity contribution in [2.75, 3.05) is 37.0 Å². The molecule has 0 aliphatic carbocycles. The molecule has 2 aromatic carbocycles. The molecule has 8 nitrogen and oxygen atoms in total. The van der Waals surface area contributed by atoms with Crippen LogP contribution in [0.25, 0.3) is 0 Å². The number of nitrogens with one attached hydrogen (secondary N) is 1. The van der Waals surface area contributed by atoms with Gasteiger partial charge >= 0.3 is 0 Å². The molecule has 2 amide bonds. The number of carbonyl (C=O) groups is 2. The molecule has 2 heterocycles. The summed E-state index contributed by atoms with van der Waals surface area (Å²) in [6.45, 7) is 5.38. The molecule has 0 saturated carbocycles. The van der Waals surface area contributed by atoms with Gasteiger partial charge in [0.05, 0.1) is 23.6 Å². The number of methoxy groups -OCH3 is 1. The number of benzene rings is 2. The van der Waals surface area contributed by atoms with E-state index >= 15 is 0 Å². The molecule has 4 rings (SSSR count). The van der Waals surface area contributed by atoms with Crippen LogP contribution in [0.3, 0.4) is 0 Å². The van der Waals surface area contributed by atoms with Crippen LogP contribution in [0.15, 0.2) is 47.4 Å². The number of rotatable bonds is 6. The highest BCUT2D eigenvalue weighted by Crippen LogP contribution is 2.34. The van der Waals surface area contributed by atoms with E-state index in [1.54, 1.807) is 24.1 Å². The predicted octanol–water partition coefficient (Wildman–Crippen LogP) is 3.42. The van der Waals surface area contributed by atoms with Gasteiger partial charge in [0.15, 0.2) is 0 Å². The molecule has 2 saturated heterocycles. The maximum atomic E-state index is 12.9. The number of hydrogen-bond acceptors (Lipinski definition) is 5. The van der Waals surface area contributed by atoms with Crippen LogP contribution < -0.4 is 15.0 Å². The molecular weight excluding hydrogens is 454 g/mol. The topological polar surface area (TPSA) is 96.0 Å². The molecule has 182 valence electrons. The van der Waals surface area contributed by atoms with Crippen molar-refractivity contribution in [2.24, 2.45) is 11.8 Å². The van der Waals surface area contributed by atoms with Crippen molar-refractivity contribution in [2.45, 2.75) is 38.0 Å². The molecular formula is C25H31N3O5S. The molecule has 0 radical (unpaired) electrons. The Hall–Kier alpha value is -2.91. The normalized spacial score (nSPS) is 19.9. The van der Waals surface area contributed by atoms with Gasteiger partial charge in [0, 0.05) is 31.7 Å². The predicted molar refractivity (Wildman–Crippen MR) is 130 cm³/mol. The van der Waals surface area contributed by atoms with E-state index in [1.165, 1.54) is 16.4 Å². The second kappa shape index (κ2) is 9.76. The second-order valence-electron chi connectivity index (χ2n) is 9.18. The lowest BCUT2D eigenvalue weighted by molar-refractivity contribution is -0.122. The van der Waals surface area contributed by atoms with Crippen LogP contribution in [-0.4, -0.2) is 51.3 Å². The molecule has 0 aromatic heterocycles. The van der Waals surface area contributed by atoms with E-state index in [2.05, 4.69) is 12.2 Å². The van der Waals surface area contributed by atoms with Crippen LogP contribution in [0.4, 0.5) is 11.4 Å². The zero-order valence-electron chi connectivity index (χ0n) is 19.8. The monoisotopic (exact) mass is 485 g/mol. The van der Waals surface area contributed by atoms with Crippen LogP contribution in [0, 0.1) is 18.8 Å². The Morgan fingerprint density at radius 1 is 1.09 bits per heavy atom. The van der Waals surface area contributed by atoms with Crippen molar-refractivity contribution >= 4 is 33.2 Å². The molecule has 2 aliphatic rings. The highest BCUT2D eigenvalue weighted by atomic mass is 32.2. The Kier molecular flexibility index (Phi) is 6.95. The minimum Gasteiger partial charge on any atom is -0.495 e. The lowest BCUT2D eigenvalue weighted by Gasteiger charge is -2.29. The zero-order valence-corrected chi connectivity index (χ0v) is 20.6. The summed E-state index contributed by atoms with van der Waals surface area (Å²) in [7, 11) is -1.99. The zero-order chi connectivity index (χ0) is 24.5. The SMILES string of the molecule is COc1ccc(C)cc1N1CC(C(=O)Nc2ccc(S(=O)(=O)N3CCC(C)CC3)cc2)CC1=O. The maximum absolute atomic E-state index is 12.9. The molecule has 2 aliphatic heterocycles. The van der Waals surface area contributed by atoms with E-state index in [4.69, 9.17) is 4.74 Å². The van der Waals surface area contributed by atoms with Crippen molar-refractivity contribution in [3.63, 3.8) is 0 Å². The van der Waals surface area contributed by atoms with E-state index in [0.717, 1.165) is 18.4 Å². The molecule has 1 unspecified atom stereocenters. The second-order valence-corrected chi connectivity index (χ2v) is 11.1. The number of aryl methyl sites for hydroxylation is 1. The van der Waals surface area contributed by atoms with Gasteiger partial charge in [-0.05, 0) is 67.6 Å². The molecule has 0 bridgehead atoms. The quantitative estimate of drug-likeness (QED) is 0.676. The number of sulfonamides is 1. The number of nitrogens with zero attached hydrogens (tertiary/aromatic N) is 2. The van der Waals surface area contributed by atoms with Crippen molar-refractivity contribution in [1.29, 1.82) is 0 Å². The third-order valence-electron chi connectivity index (χ3n) is 6.62. The molecule has 9 heteroatoms. The van der Waals surface area contributed by atoms with Crippen LogP contribution in [-0.2, 0) is 19.6 Å². The minimum absolute atomic E-state index is 0.1000. The van der Waals surface area contributed by atoms with E-state index < -0.39 is 15.9 Å². The van der Waals surface area contributed by atoms with E-state index in [9.17, 15) is 18.0 Å². The Morgan fingerprint density at radius 2 is 1.76 bits per heavy atom. The van der Waals surface area contributed by atoms with Crippen LogP contribution in [0.2, 0.25) is 0 Å². The third-order valence-corrected chi connectivity index (χ3v) is 8.54.